The summed E-state index contributed by atoms with van der Waals surface area (Å²) >= 11 is 3.49. The Morgan fingerprint density at radius 2 is 2.05 bits per heavy atom. The molecule has 2 aromatic rings. The fourth-order valence-corrected chi connectivity index (χ4v) is 2.28. The predicted molar refractivity (Wildman–Crippen MR) is 84.4 cm³/mol. The number of rotatable bonds is 5. The lowest BCUT2D eigenvalue weighted by Gasteiger charge is -2.25. The van der Waals surface area contributed by atoms with Gasteiger partial charge in [-0.25, -0.2) is 0 Å². The highest BCUT2D eigenvalue weighted by atomic mass is 79.9. The van der Waals surface area contributed by atoms with Crippen LogP contribution in [0.1, 0.15) is 45.9 Å². The molecule has 0 spiro atoms. The Balaban J connectivity index is 2.11. The molecule has 0 fully saturated rings. The second-order valence-corrected chi connectivity index (χ2v) is 6.87. The lowest BCUT2D eigenvalue weighted by atomic mass is 9.90. The summed E-state index contributed by atoms with van der Waals surface area (Å²) in [7, 11) is 0. The number of benzene rings is 1. The van der Waals surface area contributed by atoms with Gasteiger partial charge in [0.25, 0.3) is 0 Å². The minimum Gasteiger partial charge on any atom is -0.459 e. The topological polar surface area (TPSA) is 25.2 Å². The van der Waals surface area contributed by atoms with Crippen molar-refractivity contribution in [2.45, 2.75) is 40.2 Å². The zero-order valence-corrected chi connectivity index (χ0v) is 13.7. The molecule has 0 aliphatic rings. The van der Waals surface area contributed by atoms with Crippen LogP contribution in [0.3, 0.4) is 0 Å². The average Bonchev–Trinajstić information content (AvgIpc) is 2.79. The zero-order chi connectivity index (χ0) is 14.0. The van der Waals surface area contributed by atoms with E-state index in [1.165, 1.54) is 6.42 Å². The first-order chi connectivity index (χ1) is 8.91. The van der Waals surface area contributed by atoms with E-state index in [1.54, 1.807) is 0 Å². The fraction of sp³-hybridized carbons (Fsp3) is 0.500. The van der Waals surface area contributed by atoms with E-state index in [4.69, 9.17) is 4.42 Å². The van der Waals surface area contributed by atoms with E-state index in [0.29, 0.717) is 5.41 Å². The first-order valence-electron chi connectivity index (χ1n) is 6.84. The largest absolute Gasteiger partial charge is 0.459 e. The van der Waals surface area contributed by atoms with Gasteiger partial charge in [-0.15, -0.1) is 0 Å². The van der Waals surface area contributed by atoms with Crippen molar-refractivity contribution < 1.29 is 4.42 Å². The van der Waals surface area contributed by atoms with Gasteiger partial charge >= 0.3 is 0 Å². The molecule has 104 valence electrons. The molecule has 0 amide bonds. The van der Waals surface area contributed by atoms with Gasteiger partial charge in [0, 0.05) is 16.4 Å². The third kappa shape index (κ3) is 3.61. The maximum absolute atomic E-state index is 5.90. The number of hydrogen-bond acceptors (Lipinski definition) is 2. The van der Waals surface area contributed by atoms with Crippen LogP contribution in [0.25, 0.3) is 11.0 Å². The smallest absolute Gasteiger partial charge is 0.134 e. The van der Waals surface area contributed by atoms with Crippen molar-refractivity contribution >= 4 is 26.9 Å². The predicted octanol–water partition coefficient (Wildman–Crippen LogP) is 5.28. The fourth-order valence-electron chi connectivity index (χ4n) is 1.90. The molecule has 0 bridgehead atoms. The van der Waals surface area contributed by atoms with E-state index in [0.717, 1.165) is 27.7 Å². The molecule has 3 heteroatoms. The van der Waals surface area contributed by atoms with Crippen molar-refractivity contribution in [2.75, 3.05) is 6.54 Å². The van der Waals surface area contributed by atoms with Crippen molar-refractivity contribution in [3.8, 4) is 0 Å². The van der Waals surface area contributed by atoms with Crippen LogP contribution >= 0.6 is 15.9 Å². The van der Waals surface area contributed by atoms with Gasteiger partial charge in [-0.3, -0.25) is 0 Å². The second kappa shape index (κ2) is 5.68. The highest BCUT2D eigenvalue weighted by Gasteiger charge is 2.18. The monoisotopic (exact) mass is 323 g/mol. The summed E-state index contributed by atoms with van der Waals surface area (Å²) in [5.41, 5.74) is 1.27. The molecule has 1 N–H and O–H groups in total. The van der Waals surface area contributed by atoms with E-state index >= 15 is 0 Å². The van der Waals surface area contributed by atoms with Gasteiger partial charge < -0.3 is 9.73 Å². The van der Waals surface area contributed by atoms with E-state index in [9.17, 15) is 0 Å². The standard InChI is InChI=1S/C16H22BrNO/c1-5-16(3,4)10-18-11(2)15-9-12-8-13(17)6-7-14(12)19-15/h6-9,11,18H,5,10H2,1-4H3. The van der Waals surface area contributed by atoms with Crippen molar-refractivity contribution in [3.05, 3.63) is 34.5 Å². The maximum Gasteiger partial charge on any atom is 0.134 e. The summed E-state index contributed by atoms with van der Waals surface area (Å²) in [5, 5.41) is 4.71. The van der Waals surface area contributed by atoms with Crippen LogP contribution in [-0.2, 0) is 0 Å². The van der Waals surface area contributed by atoms with Crippen molar-refractivity contribution in [3.63, 3.8) is 0 Å². The highest BCUT2D eigenvalue weighted by molar-refractivity contribution is 9.10. The molecular formula is C16H22BrNO. The summed E-state index contributed by atoms with van der Waals surface area (Å²) in [5.74, 6) is 1.00. The average molecular weight is 324 g/mol. The molecule has 0 saturated carbocycles. The number of furan rings is 1. The lowest BCUT2D eigenvalue weighted by Crippen LogP contribution is -2.30. The lowest BCUT2D eigenvalue weighted by molar-refractivity contribution is 0.304. The van der Waals surface area contributed by atoms with E-state index in [-0.39, 0.29) is 6.04 Å². The Morgan fingerprint density at radius 1 is 1.32 bits per heavy atom. The molecule has 2 nitrogen and oxygen atoms in total. The van der Waals surface area contributed by atoms with Gasteiger partial charge in [0.1, 0.15) is 11.3 Å². The van der Waals surface area contributed by atoms with E-state index < -0.39 is 0 Å². The van der Waals surface area contributed by atoms with Gasteiger partial charge in [0.2, 0.25) is 0 Å². The van der Waals surface area contributed by atoms with Crippen LogP contribution < -0.4 is 5.32 Å². The van der Waals surface area contributed by atoms with E-state index in [2.05, 4.69) is 61.1 Å². The summed E-state index contributed by atoms with van der Waals surface area (Å²) < 4.78 is 6.98. The Kier molecular flexibility index (Phi) is 4.36. The van der Waals surface area contributed by atoms with Gasteiger partial charge in [0.15, 0.2) is 0 Å². The minimum atomic E-state index is 0.233. The molecule has 1 aromatic heterocycles. The molecule has 0 saturated heterocycles. The van der Waals surface area contributed by atoms with Crippen molar-refractivity contribution in [1.29, 1.82) is 0 Å². The van der Waals surface area contributed by atoms with E-state index in [1.807, 2.05) is 12.1 Å². The Hall–Kier alpha value is -0.800. The van der Waals surface area contributed by atoms with Crippen LogP contribution in [0, 0.1) is 5.41 Å². The molecule has 1 heterocycles. The van der Waals surface area contributed by atoms with Crippen LogP contribution in [0.4, 0.5) is 0 Å². The zero-order valence-electron chi connectivity index (χ0n) is 12.1. The Bertz CT molecular complexity index is 559. The first-order valence-corrected chi connectivity index (χ1v) is 7.63. The number of nitrogens with one attached hydrogen (secondary N) is 1. The van der Waals surface area contributed by atoms with Gasteiger partial charge in [-0.2, -0.15) is 0 Å². The molecule has 1 atom stereocenters. The SMILES string of the molecule is CCC(C)(C)CNC(C)c1cc2cc(Br)ccc2o1. The van der Waals surface area contributed by atoms with Crippen LogP contribution in [0.2, 0.25) is 0 Å². The summed E-state index contributed by atoms with van der Waals surface area (Å²) in [6.45, 7) is 9.93. The molecule has 0 aliphatic carbocycles. The summed E-state index contributed by atoms with van der Waals surface area (Å²) in [6.07, 6.45) is 1.17. The summed E-state index contributed by atoms with van der Waals surface area (Å²) in [4.78, 5) is 0. The first kappa shape index (κ1) is 14.6. The summed E-state index contributed by atoms with van der Waals surface area (Å²) in [6, 6.07) is 8.46. The molecule has 1 aromatic carbocycles. The van der Waals surface area contributed by atoms with Gasteiger partial charge in [0.05, 0.1) is 6.04 Å². The number of halogens is 1. The molecule has 2 rings (SSSR count). The molecule has 1 unspecified atom stereocenters. The molecule has 19 heavy (non-hydrogen) atoms. The minimum absolute atomic E-state index is 0.233. The normalized spacial score (nSPS) is 13.9. The quantitative estimate of drug-likeness (QED) is 0.809. The van der Waals surface area contributed by atoms with Crippen LogP contribution in [0.5, 0.6) is 0 Å². The highest BCUT2D eigenvalue weighted by Crippen LogP contribution is 2.27. The Morgan fingerprint density at radius 3 is 2.74 bits per heavy atom. The third-order valence-corrected chi connectivity index (χ3v) is 4.26. The number of fused-ring (bicyclic) bond motifs is 1. The van der Waals surface area contributed by atoms with Crippen molar-refractivity contribution in [2.24, 2.45) is 5.41 Å². The molecule has 0 aliphatic heterocycles. The number of hydrogen-bond donors (Lipinski definition) is 1. The molecular weight excluding hydrogens is 302 g/mol. The second-order valence-electron chi connectivity index (χ2n) is 5.95. The van der Waals surface area contributed by atoms with Gasteiger partial charge in [-0.05, 0) is 43.0 Å². The Labute approximate surface area is 123 Å². The van der Waals surface area contributed by atoms with Crippen LogP contribution in [0.15, 0.2) is 33.2 Å². The maximum atomic E-state index is 5.90. The van der Waals surface area contributed by atoms with Gasteiger partial charge in [-0.1, -0.05) is 36.7 Å². The van der Waals surface area contributed by atoms with Crippen molar-refractivity contribution in [1.82, 2.24) is 5.32 Å². The third-order valence-electron chi connectivity index (χ3n) is 3.77. The van der Waals surface area contributed by atoms with Crippen LogP contribution in [-0.4, -0.2) is 6.54 Å². The molecule has 0 radical (unpaired) electrons.